The Labute approximate surface area is 138 Å². The molecule has 0 unspecified atom stereocenters. The molecular weight excluding hydrogens is 311 g/mol. The summed E-state index contributed by atoms with van der Waals surface area (Å²) in [5.41, 5.74) is 0.282. The standard InChI is InChI=1S/C20H14F3N/c21-20(22,23)19(16-11-5-2-6-12-16)18(15-9-3-1-4-10-15)17-13-7-8-14-24-17/h1-14H. The van der Waals surface area contributed by atoms with Crippen LogP contribution in [0.3, 0.4) is 0 Å². The van der Waals surface area contributed by atoms with Gasteiger partial charge in [0, 0.05) is 11.8 Å². The lowest BCUT2D eigenvalue weighted by atomic mass is 9.91. The molecule has 0 saturated heterocycles. The Morgan fingerprint density at radius 2 is 1.21 bits per heavy atom. The first kappa shape index (κ1) is 16.0. The van der Waals surface area contributed by atoms with Crippen LogP contribution in [-0.4, -0.2) is 11.2 Å². The number of aromatic nitrogens is 1. The van der Waals surface area contributed by atoms with Crippen molar-refractivity contribution in [1.29, 1.82) is 0 Å². The van der Waals surface area contributed by atoms with Crippen LogP contribution < -0.4 is 0 Å². The van der Waals surface area contributed by atoms with Crippen molar-refractivity contribution in [3.05, 3.63) is 102 Å². The van der Waals surface area contributed by atoms with Crippen molar-refractivity contribution in [2.75, 3.05) is 0 Å². The van der Waals surface area contributed by atoms with Crippen LogP contribution in [0.5, 0.6) is 0 Å². The third-order valence-electron chi connectivity index (χ3n) is 3.58. The number of benzene rings is 2. The smallest absolute Gasteiger partial charge is 0.256 e. The topological polar surface area (TPSA) is 12.9 Å². The van der Waals surface area contributed by atoms with E-state index in [1.165, 1.54) is 18.3 Å². The lowest BCUT2D eigenvalue weighted by molar-refractivity contribution is -0.0685. The molecule has 4 heteroatoms. The predicted molar refractivity (Wildman–Crippen MR) is 89.1 cm³/mol. The van der Waals surface area contributed by atoms with E-state index >= 15 is 0 Å². The number of pyridine rings is 1. The number of allylic oxidation sites excluding steroid dienone is 1. The van der Waals surface area contributed by atoms with E-state index in [1.807, 2.05) is 0 Å². The molecule has 0 aliphatic carbocycles. The summed E-state index contributed by atoms with van der Waals surface area (Å²) in [7, 11) is 0. The highest BCUT2D eigenvalue weighted by Crippen LogP contribution is 2.41. The number of alkyl halides is 3. The highest BCUT2D eigenvalue weighted by atomic mass is 19.4. The van der Waals surface area contributed by atoms with E-state index < -0.39 is 11.7 Å². The average Bonchev–Trinajstić information content (AvgIpc) is 2.61. The third kappa shape index (κ3) is 3.38. The van der Waals surface area contributed by atoms with Crippen molar-refractivity contribution >= 4 is 11.1 Å². The number of hydrogen-bond donors (Lipinski definition) is 0. The van der Waals surface area contributed by atoms with Crippen LogP contribution in [0, 0.1) is 0 Å². The molecule has 1 heterocycles. The second-order valence-electron chi connectivity index (χ2n) is 5.19. The lowest BCUT2D eigenvalue weighted by Gasteiger charge is -2.18. The molecule has 0 N–H and O–H groups in total. The Bertz CT molecular complexity index is 782. The molecule has 0 atom stereocenters. The van der Waals surface area contributed by atoms with Crippen molar-refractivity contribution in [2.24, 2.45) is 0 Å². The molecule has 0 fully saturated rings. The Morgan fingerprint density at radius 1 is 0.667 bits per heavy atom. The zero-order valence-corrected chi connectivity index (χ0v) is 12.7. The van der Waals surface area contributed by atoms with Gasteiger partial charge in [0.25, 0.3) is 0 Å². The molecule has 1 aromatic heterocycles. The van der Waals surface area contributed by atoms with Crippen LogP contribution in [-0.2, 0) is 0 Å². The molecule has 0 aliphatic heterocycles. The molecule has 0 aliphatic rings. The van der Waals surface area contributed by atoms with Gasteiger partial charge in [-0.3, -0.25) is 4.98 Å². The molecule has 0 saturated carbocycles. The molecular formula is C20H14F3N. The predicted octanol–water partition coefficient (Wildman–Crippen LogP) is 5.60. The van der Waals surface area contributed by atoms with Crippen molar-refractivity contribution < 1.29 is 13.2 Å². The third-order valence-corrected chi connectivity index (χ3v) is 3.58. The summed E-state index contributed by atoms with van der Waals surface area (Å²) < 4.78 is 41.8. The van der Waals surface area contributed by atoms with Gasteiger partial charge in [-0.2, -0.15) is 13.2 Å². The summed E-state index contributed by atoms with van der Waals surface area (Å²) >= 11 is 0. The maximum Gasteiger partial charge on any atom is 0.417 e. The second-order valence-corrected chi connectivity index (χ2v) is 5.19. The van der Waals surface area contributed by atoms with Crippen LogP contribution in [0.4, 0.5) is 13.2 Å². The minimum atomic E-state index is -4.51. The van der Waals surface area contributed by atoms with E-state index in [-0.39, 0.29) is 11.1 Å². The van der Waals surface area contributed by atoms with Gasteiger partial charge in [0.2, 0.25) is 0 Å². The molecule has 0 radical (unpaired) electrons. The summed E-state index contributed by atoms with van der Waals surface area (Å²) in [4.78, 5) is 4.16. The highest BCUT2D eigenvalue weighted by molar-refractivity contribution is 5.99. The first-order valence-corrected chi connectivity index (χ1v) is 7.41. The summed E-state index contributed by atoms with van der Waals surface area (Å²) in [5.74, 6) is 0. The van der Waals surface area contributed by atoms with Crippen molar-refractivity contribution in [1.82, 2.24) is 4.98 Å². The zero-order valence-electron chi connectivity index (χ0n) is 12.7. The highest BCUT2D eigenvalue weighted by Gasteiger charge is 2.38. The molecule has 0 bridgehead atoms. The van der Waals surface area contributed by atoms with E-state index in [1.54, 1.807) is 66.7 Å². The fourth-order valence-electron chi connectivity index (χ4n) is 2.59. The Morgan fingerprint density at radius 3 is 1.71 bits per heavy atom. The van der Waals surface area contributed by atoms with Crippen molar-refractivity contribution in [2.45, 2.75) is 6.18 Å². The normalized spacial score (nSPS) is 12.6. The van der Waals surface area contributed by atoms with Gasteiger partial charge in [-0.1, -0.05) is 66.7 Å². The Kier molecular flexibility index (Phi) is 4.47. The van der Waals surface area contributed by atoms with Gasteiger partial charge in [0.15, 0.2) is 0 Å². The summed E-state index contributed by atoms with van der Waals surface area (Å²) in [6.45, 7) is 0. The molecule has 24 heavy (non-hydrogen) atoms. The van der Waals surface area contributed by atoms with Crippen molar-refractivity contribution in [3.63, 3.8) is 0 Å². The van der Waals surface area contributed by atoms with Crippen LogP contribution in [0.25, 0.3) is 11.1 Å². The number of halogens is 3. The maximum absolute atomic E-state index is 13.9. The van der Waals surface area contributed by atoms with Crippen LogP contribution in [0.2, 0.25) is 0 Å². The fourth-order valence-corrected chi connectivity index (χ4v) is 2.59. The van der Waals surface area contributed by atoms with Gasteiger partial charge >= 0.3 is 6.18 Å². The van der Waals surface area contributed by atoms with Gasteiger partial charge in [-0.25, -0.2) is 0 Å². The van der Waals surface area contributed by atoms with E-state index in [2.05, 4.69) is 4.98 Å². The largest absolute Gasteiger partial charge is 0.417 e. The van der Waals surface area contributed by atoms with E-state index in [9.17, 15) is 13.2 Å². The summed E-state index contributed by atoms with van der Waals surface area (Å²) in [5, 5.41) is 0. The first-order valence-electron chi connectivity index (χ1n) is 7.41. The SMILES string of the molecule is FC(F)(F)C(=C(c1ccccc1)c1ccccn1)c1ccccc1. The summed E-state index contributed by atoms with van der Waals surface area (Å²) in [6, 6.07) is 21.3. The van der Waals surface area contributed by atoms with Crippen LogP contribution >= 0.6 is 0 Å². The monoisotopic (exact) mass is 325 g/mol. The molecule has 3 rings (SSSR count). The molecule has 0 amide bonds. The molecule has 2 aromatic carbocycles. The lowest BCUT2D eigenvalue weighted by Crippen LogP contribution is -2.14. The van der Waals surface area contributed by atoms with Gasteiger partial charge in [-0.05, 0) is 23.3 Å². The molecule has 3 aromatic rings. The molecule has 1 nitrogen and oxygen atoms in total. The Balaban J connectivity index is 2.37. The quantitative estimate of drug-likeness (QED) is 0.571. The van der Waals surface area contributed by atoms with Gasteiger partial charge < -0.3 is 0 Å². The Hall–Kier alpha value is -2.88. The zero-order chi connectivity index (χ0) is 17.0. The second kappa shape index (κ2) is 6.71. The van der Waals surface area contributed by atoms with E-state index in [0.717, 1.165) is 0 Å². The van der Waals surface area contributed by atoms with Crippen LogP contribution in [0.1, 0.15) is 16.8 Å². The first-order chi connectivity index (χ1) is 11.6. The minimum absolute atomic E-state index is 0.0786. The van der Waals surface area contributed by atoms with E-state index in [0.29, 0.717) is 11.3 Å². The van der Waals surface area contributed by atoms with Crippen molar-refractivity contribution in [3.8, 4) is 0 Å². The molecule has 0 spiro atoms. The number of hydrogen-bond acceptors (Lipinski definition) is 1. The fraction of sp³-hybridized carbons (Fsp3) is 0.0500. The molecule has 120 valence electrons. The van der Waals surface area contributed by atoms with Gasteiger partial charge in [0.1, 0.15) is 0 Å². The number of rotatable bonds is 3. The van der Waals surface area contributed by atoms with Gasteiger partial charge in [-0.15, -0.1) is 0 Å². The average molecular weight is 325 g/mol. The van der Waals surface area contributed by atoms with E-state index in [4.69, 9.17) is 0 Å². The minimum Gasteiger partial charge on any atom is -0.256 e. The number of nitrogens with zero attached hydrogens (tertiary/aromatic N) is 1. The van der Waals surface area contributed by atoms with Crippen LogP contribution in [0.15, 0.2) is 85.1 Å². The maximum atomic E-state index is 13.9. The van der Waals surface area contributed by atoms with Gasteiger partial charge in [0.05, 0.1) is 11.3 Å². The summed E-state index contributed by atoms with van der Waals surface area (Å²) in [6.07, 6.45) is -3.01.